The van der Waals surface area contributed by atoms with Gasteiger partial charge in [0.2, 0.25) is 5.88 Å². The maximum Gasteiger partial charge on any atom is 0.344 e. The fraction of sp³-hybridized carbons (Fsp3) is 0.516. The minimum absolute atomic E-state index is 0.0411. The highest BCUT2D eigenvalue weighted by atomic mass is 16.5. The average molecular weight is 508 g/mol. The summed E-state index contributed by atoms with van der Waals surface area (Å²) in [5.41, 5.74) is 2.70. The maximum atomic E-state index is 12.6. The van der Waals surface area contributed by atoms with E-state index < -0.39 is 0 Å². The number of nitrogens with zero attached hydrogens (tertiary/aromatic N) is 1. The van der Waals surface area contributed by atoms with E-state index in [0.717, 1.165) is 48.6 Å². The zero-order chi connectivity index (χ0) is 26.5. The molecule has 0 fully saturated rings. The Morgan fingerprint density at radius 3 is 2.22 bits per heavy atom. The monoisotopic (exact) mass is 507 g/mol. The molecule has 0 radical (unpaired) electrons. The van der Waals surface area contributed by atoms with Gasteiger partial charge in [0.1, 0.15) is 0 Å². The summed E-state index contributed by atoms with van der Waals surface area (Å²) >= 11 is 0. The van der Waals surface area contributed by atoms with E-state index in [2.05, 4.69) is 11.9 Å². The average Bonchev–Trinajstić information content (AvgIpc) is 2.90. The van der Waals surface area contributed by atoms with Gasteiger partial charge >= 0.3 is 11.6 Å². The van der Waals surface area contributed by atoms with Crippen molar-refractivity contribution in [1.82, 2.24) is 4.98 Å². The number of ether oxygens (including phenoxy) is 2. The number of esters is 1. The van der Waals surface area contributed by atoms with Crippen LogP contribution in [0, 0.1) is 5.92 Å². The van der Waals surface area contributed by atoms with Gasteiger partial charge < -0.3 is 13.9 Å². The fourth-order valence-electron chi connectivity index (χ4n) is 4.32. The van der Waals surface area contributed by atoms with Crippen molar-refractivity contribution < 1.29 is 18.7 Å². The first-order valence-corrected chi connectivity index (χ1v) is 13.8. The summed E-state index contributed by atoms with van der Waals surface area (Å²) in [7, 11) is 0. The molecule has 0 saturated heterocycles. The zero-order valence-electron chi connectivity index (χ0n) is 22.6. The summed E-state index contributed by atoms with van der Waals surface area (Å²) in [6, 6.07) is 11.6. The third-order valence-corrected chi connectivity index (χ3v) is 6.54. The Morgan fingerprint density at radius 1 is 0.892 bits per heavy atom. The molecule has 0 bridgehead atoms. The van der Waals surface area contributed by atoms with Crippen LogP contribution in [0.25, 0.3) is 22.1 Å². The number of rotatable bonds is 16. The third-order valence-electron chi connectivity index (χ3n) is 6.54. The van der Waals surface area contributed by atoms with Crippen molar-refractivity contribution in [2.45, 2.75) is 85.0 Å². The van der Waals surface area contributed by atoms with Gasteiger partial charge in [-0.1, -0.05) is 90.0 Å². The summed E-state index contributed by atoms with van der Waals surface area (Å²) in [4.78, 5) is 28.3. The predicted octanol–water partition coefficient (Wildman–Crippen LogP) is 7.51. The SMILES string of the molecule is CCc1ccccc1-c1cc2cc(OCCCCCCCCCCCOC(=O)C(C)C)ncc2oc1=O. The molecule has 0 N–H and O–H groups in total. The third kappa shape index (κ3) is 9.03. The molecule has 6 nitrogen and oxygen atoms in total. The van der Waals surface area contributed by atoms with Crippen LogP contribution >= 0.6 is 0 Å². The summed E-state index contributed by atoms with van der Waals surface area (Å²) < 4.78 is 16.6. The molecule has 3 aromatic rings. The van der Waals surface area contributed by atoms with Crippen molar-refractivity contribution in [2.75, 3.05) is 13.2 Å². The fourth-order valence-corrected chi connectivity index (χ4v) is 4.32. The number of aromatic nitrogens is 1. The van der Waals surface area contributed by atoms with E-state index in [-0.39, 0.29) is 17.5 Å². The number of fused-ring (bicyclic) bond motifs is 1. The van der Waals surface area contributed by atoms with Gasteiger partial charge in [-0.15, -0.1) is 0 Å². The van der Waals surface area contributed by atoms with E-state index in [9.17, 15) is 9.59 Å². The second kappa shape index (κ2) is 15.2. The second-order valence-electron chi connectivity index (χ2n) is 9.87. The Labute approximate surface area is 220 Å². The number of pyridine rings is 1. The van der Waals surface area contributed by atoms with Gasteiger partial charge in [-0.25, -0.2) is 9.78 Å². The summed E-state index contributed by atoms with van der Waals surface area (Å²) in [5.74, 6) is 0.409. The summed E-state index contributed by atoms with van der Waals surface area (Å²) in [6.07, 6.45) is 12.7. The van der Waals surface area contributed by atoms with Crippen LogP contribution in [0.3, 0.4) is 0 Å². The van der Waals surface area contributed by atoms with Crippen molar-refractivity contribution in [3.05, 3.63) is 58.6 Å². The van der Waals surface area contributed by atoms with Gasteiger partial charge in [-0.2, -0.15) is 0 Å². The van der Waals surface area contributed by atoms with Crippen molar-refractivity contribution in [2.24, 2.45) is 5.92 Å². The van der Waals surface area contributed by atoms with Crippen LogP contribution in [-0.2, 0) is 16.0 Å². The van der Waals surface area contributed by atoms with Crippen molar-refractivity contribution in [3.63, 3.8) is 0 Å². The molecule has 37 heavy (non-hydrogen) atoms. The number of hydrogen-bond donors (Lipinski definition) is 0. The van der Waals surface area contributed by atoms with Gasteiger partial charge in [0.15, 0.2) is 5.58 Å². The smallest absolute Gasteiger partial charge is 0.344 e. The molecule has 0 aliphatic carbocycles. The van der Waals surface area contributed by atoms with Gasteiger partial charge in [0, 0.05) is 11.5 Å². The number of hydrogen-bond acceptors (Lipinski definition) is 6. The predicted molar refractivity (Wildman–Crippen MR) is 148 cm³/mol. The molecule has 0 aliphatic heterocycles. The minimum atomic E-state index is -0.351. The minimum Gasteiger partial charge on any atom is -0.478 e. The topological polar surface area (TPSA) is 78.6 Å². The van der Waals surface area contributed by atoms with E-state index >= 15 is 0 Å². The van der Waals surface area contributed by atoms with Crippen molar-refractivity contribution >= 4 is 16.9 Å². The van der Waals surface area contributed by atoms with Crippen LogP contribution in [0.4, 0.5) is 0 Å². The highest BCUT2D eigenvalue weighted by Gasteiger charge is 2.12. The Hall–Kier alpha value is -3.15. The van der Waals surface area contributed by atoms with Crippen LogP contribution in [0.5, 0.6) is 5.88 Å². The Kier molecular flexibility index (Phi) is 11.7. The van der Waals surface area contributed by atoms with Crippen LogP contribution in [0.1, 0.15) is 84.1 Å². The van der Waals surface area contributed by atoms with Gasteiger partial charge in [0.05, 0.1) is 30.9 Å². The van der Waals surface area contributed by atoms with Crippen LogP contribution in [0.15, 0.2) is 51.8 Å². The standard InChI is InChI=1S/C31H41NO5/c1-4-24-16-12-13-17-26(24)27-20-25-21-29(32-22-28(25)37-31(27)34)35-18-14-10-8-6-5-7-9-11-15-19-36-30(33)23(2)3/h12-13,16-17,20-23H,4-11,14-15,18-19H2,1-3H3. The molecule has 2 aromatic heterocycles. The number of unbranched alkanes of at least 4 members (excludes halogenated alkanes) is 8. The number of carbonyl (C=O) groups is 1. The number of carbonyl (C=O) groups excluding carboxylic acids is 1. The highest BCUT2D eigenvalue weighted by Crippen LogP contribution is 2.26. The Bertz CT molecular complexity index is 1180. The first-order valence-electron chi connectivity index (χ1n) is 13.8. The van der Waals surface area contributed by atoms with Crippen LogP contribution < -0.4 is 10.4 Å². The molecule has 0 amide bonds. The largest absolute Gasteiger partial charge is 0.478 e. The Balaban J connectivity index is 1.34. The van der Waals surface area contributed by atoms with E-state index in [1.807, 2.05) is 50.2 Å². The summed E-state index contributed by atoms with van der Waals surface area (Å²) in [5, 5.41) is 0.809. The first kappa shape index (κ1) is 28.4. The molecule has 0 saturated carbocycles. The zero-order valence-corrected chi connectivity index (χ0v) is 22.6. The molecule has 0 spiro atoms. The van der Waals surface area contributed by atoms with E-state index in [1.165, 1.54) is 32.1 Å². The molecule has 2 heterocycles. The van der Waals surface area contributed by atoms with Crippen LogP contribution in [0.2, 0.25) is 0 Å². The Morgan fingerprint density at radius 2 is 1.54 bits per heavy atom. The maximum absolute atomic E-state index is 12.6. The summed E-state index contributed by atoms with van der Waals surface area (Å²) in [6.45, 7) is 6.97. The molecular formula is C31H41NO5. The van der Waals surface area contributed by atoms with Gasteiger partial charge in [-0.3, -0.25) is 4.79 Å². The van der Waals surface area contributed by atoms with Gasteiger partial charge in [-0.05, 0) is 36.5 Å². The lowest BCUT2D eigenvalue weighted by atomic mass is 9.99. The lowest BCUT2D eigenvalue weighted by Crippen LogP contribution is -2.12. The normalized spacial score (nSPS) is 11.2. The highest BCUT2D eigenvalue weighted by molar-refractivity contribution is 5.82. The molecule has 0 aliphatic rings. The number of benzene rings is 1. The molecule has 0 atom stereocenters. The lowest BCUT2D eigenvalue weighted by molar-refractivity contribution is -0.147. The molecule has 1 aromatic carbocycles. The van der Waals surface area contributed by atoms with Gasteiger partial charge in [0.25, 0.3) is 0 Å². The molecule has 6 heteroatoms. The number of aryl methyl sites for hydroxylation is 1. The van der Waals surface area contributed by atoms with Crippen molar-refractivity contribution in [3.8, 4) is 17.0 Å². The van der Waals surface area contributed by atoms with E-state index in [4.69, 9.17) is 13.9 Å². The quantitative estimate of drug-likeness (QED) is 0.147. The molecule has 3 rings (SSSR count). The van der Waals surface area contributed by atoms with E-state index in [0.29, 0.717) is 30.2 Å². The van der Waals surface area contributed by atoms with E-state index in [1.54, 1.807) is 6.20 Å². The molecular weight excluding hydrogens is 466 g/mol. The van der Waals surface area contributed by atoms with Crippen molar-refractivity contribution in [1.29, 1.82) is 0 Å². The molecule has 200 valence electrons. The van der Waals surface area contributed by atoms with Crippen LogP contribution in [-0.4, -0.2) is 24.2 Å². The lowest BCUT2D eigenvalue weighted by Gasteiger charge is -2.09. The first-order chi connectivity index (χ1) is 18.0. The molecule has 0 unspecified atom stereocenters. The second-order valence-corrected chi connectivity index (χ2v) is 9.87.